The zero-order valence-electron chi connectivity index (χ0n) is 12.0. The highest BCUT2D eigenvalue weighted by molar-refractivity contribution is 5.88. The lowest BCUT2D eigenvalue weighted by Crippen LogP contribution is -2.31. The quantitative estimate of drug-likeness (QED) is 0.858. The smallest absolute Gasteiger partial charge is 0.374 e. The molecule has 1 heterocycles. The van der Waals surface area contributed by atoms with Gasteiger partial charge in [0, 0.05) is 0 Å². The minimum atomic E-state index is -0.648. The molecule has 0 radical (unpaired) electrons. The summed E-state index contributed by atoms with van der Waals surface area (Å²) in [7, 11) is 0. The Labute approximate surface area is 122 Å². The zero-order valence-corrected chi connectivity index (χ0v) is 12.0. The minimum absolute atomic E-state index is 0.0939. The van der Waals surface area contributed by atoms with Crippen molar-refractivity contribution in [2.75, 3.05) is 6.61 Å². The van der Waals surface area contributed by atoms with E-state index in [-0.39, 0.29) is 24.3 Å². The van der Waals surface area contributed by atoms with Crippen LogP contribution in [0.3, 0.4) is 0 Å². The molecule has 0 aliphatic rings. The molecule has 1 atom stereocenters. The Morgan fingerprint density at radius 2 is 1.90 bits per heavy atom. The molecule has 21 heavy (non-hydrogen) atoms. The monoisotopic (exact) mass is 287 g/mol. The van der Waals surface area contributed by atoms with Gasteiger partial charge in [-0.2, -0.15) is 0 Å². The summed E-state index contributed by atoms with van der Waals surface area (Å²) in [5.41, 5.74) is 0.985. The van der Waals surface area contributed by atoms with Gasteiger partial charge in [-0.25, -0.2) is 4.79 Å². The summed E-state index contributed by atoms with van der Waals surface area (Å²) < 4.78 is 10.0. The Morgan fingerprint density at radius 1 is 1.19 bits per heavy atom. The number of hydrogen-bond acceptors (Lipinski definition) is 4. The average molecular weight is 287 g/mol. The highest BCUT2D eigenvalue weighted by Crippen LogP contribution is 2.11. The van der Waals surface area contributed by atoms with Gasteiger partial charge in [-0.3, -0.25) is 4.79 Å². The van der Waals surface area contributed by atoms with Crippen molar-refractivity contribution in [2.24, 2.45) is 0 Å². The van der Waals surface area contributed by atoms with Crippen molar-refractivity contribution >= 4 is 11.9 Å². The first kappa shape index (κ1) is 14.8. The molecule has 0 saturated carbocycles. The standard InChI is InChI=1S/C16H17NO4/c1-11-8-9-14(21-11)16(19)20-10-15(18)17-12(2)13-6-4-3-5-7-13/h3-9,12H,10H2,1-2H3,(H,17,18)/t12-/m1/s1. The van der Waals surface area contributed by atoms with E-state index in [1.165, 1.54) is 6.07 Å². The third-order valence-electron chi connectivity index (χ3n) is 2.95. The van der Waals surface area contributed by atoms with Crippen LogP contribution >= 0.6 is 0 Å². The Hall–Kier alpha value is -2.56. The maximum Gasteiger partial charge on any atom is 0.374 e. The van der Waals surface area contributed by atoms with Crippen molar-refractivity contribution in [1.82, 2.24) is 5.32 Å². The van der Waals surface area contributed by atoms with Crippen LogP contribution in [-0.4, -0.2) is 18.5 Å². The molecule has 0 aliphatic heterocycles. The van der Waals surface area contributed by atoms with E-state index in [1.54, 1.807) is 13.0 Å². The first-order valence-electron chi connectivity index (χ1n) is 6.64. The van der Waals surface area contributed by atoms with Crippen LogP contribution in [0.1, 0.15) is 34.8 Å². The van der Waals surface area contributed by atoms with E-state index >= 15 is 0 Å². The maximum atomic E-state index is 11.7. The molecular weight excluding hydrogens is 270 g/mol. The summed E-state index contributed by atoms with van der Waals surface area (Å²) >= 11 is 0. The number of nitrogens with one attached hydrogen (secondary N) is 1. The molecule has 0 saturated heterocycles. The number of hydrogen-bond donors (Lipinski definition) is 1. The number of rotatable bonds is 5. The van der Waals surface area contributed by atoms with E-state index < -0.39 is 5.97 Å². The maximum absolute atomic E-state index is 11.7. The van der Waals surface area contributed by atoms with E-state index in [1.807, 2.05) is 37.3 Å². The summed E-state index contributed by atoms with van der Waals surface area (Å²) in [5.74, 6) is -0.297. The van der Waals surface area contributed by atoms with E-state index in [4.69, 9.17) is 9.15 Å². The summed E-state index contributed by atoms with van der Waals surface area (Å²) in [6.45, 7) is 3.26. The second-order valence-corrected chi connectivity index (χ2v) is 4.69. The van der Waals surface area contributed by atoms with Gasteiger partial charge in [0.15, 0.2) is 6.61 Å². The Balaban J connectivity index is 1.81. The van der Waals surface area contributed by atoms with Crippen LogP contribution in [0.4, 0.5) is 0 Å². The average Bonchev–Trinajstić information content (AvgIpc) is 2.92. The number of amides is 1. The van der Waals surface area contributed by atoms with Crippen LogP contribution in [0, 0.1) is 6.92 Å². The summed E-state index contributed by atoms with van der Waals surface area (Å²) in [4.78, 5) is 23.4. The van der Waals surface area contributed by atoms with Crippen molar-refractivity contribution in [3.63, 3.8) is 0 Å². The normalized spacial score (nSPS) is 11.7. The molecule has 1 N–H and O–H groups in total. The van der Waals surface area contributed by atoms with Crippen molar-refractivity contribution in [3.8, 4) is 0 Å². The number of aryl methyl sites for hydroxylation is 1. The predicted molar refractivity (Wildman–Crippen MR) is 76.7 cm³/mol. The molecule has 2 aromatic rings. The molecule has 5 heteroatoms. The van der Waals surface area contributed by atoms with Crippen molar-refractivity contribution < 1.29 is 18.7 Å². The second kappa shape index (κ2) is 6.74. The molecule has 1 aromatic carbocycles. The number of benzene rings is 1. The third-order valence-corrected chi connectivity index (χ3v) is 2.95. The summed E-state index contributed by atoms with van der Waals surface area (Å²) in [5, 5.41) is 2.76. The van der Waals surface area contributed by atoms with Crippen LogP contribution < -0.4 is 5.32 Å². The first-order valence-corrected chi connectivity index (χ1v) is 6.64. The largest absolute Gasteiger partial charge is 0.454 e. The molecule has 0 fully saturated rings. The first-order chi connectivity index (χ1) is 10.1. The van der Waals surface area contributed by atoms with Gasteiger partial charge in [0.25, 0.3) is 5.91 Å². The molecule has 5 nitrogen and oxygen atoms in total. The summed E-state index contributed by atoms with van der Waals surface area (Å²) in [6, 6.07) is 12.6. The molecule has 1 amide bonds. The number of carbonyl (C=O) groups is 2. The van der Waals surface area contributed by atoms with E-state index in [9.17, 15) is 9.59 Å². The second-order valence-electron chi connectivity index (χ2n) is 4.69. The molecule has 0 bridgehead atoms. The van der Waals surface area contributed by atoms with Crippen LogP contribution in [0.2, 0.25) is 0 Å². The number of ether oxygens (including phenoxy) is 1. The fraction of sp³-hybridized carbons (Fsp3) is 0.250. The van der Waals surface area contributed by atoms with Crippen molar-refractivity contribution in [1.29, 1.82) is 0 Å². The van der Waals surface area contributed by atoms with E-state index in [0.717, 1.165) is 5.56 Å². The van der Waals surface area contributed by atoms with Gasteiger partial charge in [0.05, 0.1) is 6.04 Å². The van der Waals surface area contributed by atoms with E-state index in [0.29, 0.717) is 5.76 Å². The molecule has 1 aromatic heterocycles. The van der Waals surface area contributed by atoms with Gasteiger partial charge in [-0.1, -0.05) is 30.3 Å². The van der Waals surface area contributed by atoms with Crippen LogP contribution in [0.5, 0.6) is 0 Å². The summed E-state index contributed by atoms with van der Waals surface area (Å²) in [6.07, 6.45) is 0. The predicted octanol–water partition coefficient (Wildman–Crippen LogP) is 2.62. The molecule has 0 spiro atoms. The molecule has 0 aliphatic carbocycles. The molecule has 0 unspecified atom stereocenters. The van der Waals surface area contributed by atoms with Crippen molar-refractivity contribution in [2.45, 2.75) is 19.9 Å². The lowest BCUT2D eigenvalue weighted by molar-refractivity contribution is -0.124. The van der Waals surface area contributed by atoms with Gasteiger partial charge in [-0.05, 0) is 31.5 Å². The Morgan fingerprint density at radius 3 is 2.52 bits per heavy atom. The highest BCUT2D eigenvalue weighted by atomic mass is 16.5. The van der Waals surface area contributed by atoms with E-state index in [2.05, 4.69) is 5.32 Å². The van der Waals surface area contributed by atoms with Crippen LogP contribution in [0.25, 0.3) is 0 Å². The zero-order chi connectivity index (χ0) is 15.2. The molecular formula is C16H17NO4. The third kappa shape index (κ3) is 4.21. The van der Waals surface area contributed by atoms with Crippen LogP contribution in [0.15, 0.2) is 46.9 Å². The lowest BCUT2D eigenvalue weighted by atomic mass is 10.1. The number of carbonyl (C=O) groups excluding carboxylic acids is 2. The van der Waals surface area contributed by atoms with Gasteiger partial charge in [-0.15, -0.1) is 0 Å². The lowest BCUT2D eigenvalue weighted by Gasteiger charge is -2.14. The number of esters is 1. The van der Waals surface area contributed by atoms with Gasteiger partial charge in [0.1, 0.15) is 5.76 Å². The van der Waals surface area contributed by atoms with Crippen LogP contribution in [-0.2, 0) is 9.53 Å². The Bertz CT molecular complexity index is 618. The molecule has 2 rings (SSSR count). The van der Waals surface area contributed by atoms with Gasteiger partial charge >= 0.3 is 5.97 Å². The minimum Gasteiger partial charge on any atom is -0.454 e. The highest BCUT2D eigenvalue weighted by Gasteiger charge is 2.15. The van der Waals surface area contributed by atoms with Gasteiger partial charge < -0.3 is 14.5 Å². The Kier molecular flexibility index (Phi) is 4.77. The fourth-order valence-electron chi connectivity index (χ4n) is 1.85. The SMILES string of the molecule is Cc1ccc(C(=O)OCC(=O)N[C@H](C)c2ccccc2)o1. The fourth-order valence-corrected chi connectivity index (χ4v) is 1.85. The number of furan rings is 1. The molecule has 110 valence electrons. The topological polar surface area (TPSA) is 68.5 Å². The van der Waals surface area contributed by atoms with Gasteiger partial charge in [0.2, 0.25) is 5.76 Å². The van der Waals surface area contributed by atoms with Crippen molar-refractivity contribution in [3.05, 3.63) is 59.5 Å².